The van der Waals surface area contributed by atoms with Crippen molar-refractivity contribution < 1.29 is 86.7 Å². The maximum Gasteiger partial charge on any atom is 0.337 e. The maximum absolute atomic E-state index is 11.9. The average molecular weight is 1880 g/mol. The van der Waals surface area contributed by atoms with Crippen molar-refractivity contribution in [2.75, 3.05) is 64.8 Å². The van der Waals surface area contributed by atoms with E-state index in [1.807, 2.05) is 32.0 Å². The Morgan fingerprint density at radius 3 is 1.11 bits per heavy atom. The molecule has 2 aromatic heterocycles. The Morgan fingerprint density at radius 2 is 0.858 bits per heavy atom. The summed E-state index contributed by atoms with van der Waals surface area (Å²) in [5.74, 6) is 7.90. The zero-order valence-corrected chi connectivity index (χ0v) is 85.9. The van der Waals surface area contributed by atoms with Crippen LogP contribution in [0.2, 0.25) is 0 Å². The first-order valence-electron chi connectivity index (χ1n) is 46.8. The number of hydrogen-bond donors (Lipinski definition) is 7. The fourth-order valence-corrected chi connectivity index (χ4v) is 23.8. The van der Waals surface area contributed by atoms with Crippen LogP contribution in [0.3, 0.4) is 0 Å². The number of carbonyl (C=O) groups excluding carboxylic acids is 1. The third-order valence-electron chi connectivity index (χ3n) is 30.2. The number of ether oxygens (including phenoxy) is 2. The lowest BCUT2D eigenvalue weighted by Gasteiger charge is -2.64. The SMILES string of the molecule is CC.CC(C)(C)S(C)(=O)=O.CC(C)S(C)(=O)=O.CC1CC1.CC[C@H]1[C@@H](O)[C@@H]2[C@H](CC[C@]3(C)[C@@H]([C@H](C)CCOc4ccc(C(=O)NC)cn4)CC[C@@H]23)[C@@]2(C)CC[C@@H](O)C[C@@H]12.CC[C@H]1[C@@H](O)[C@@H]2[C@H](CC[C@]3(C)[C@@H]([C@H](C)CCOc4ccc(C(=O)O)cn4)CC[C@@H]23)[C@@]2(C)CC[C@@H](O)C[C@@H]12.CN.CS(=O)(=O)C1CC1.CS(=O)(=O)c1ccccc1.CS(C)(=O)=O.Cc1ccccc1. The van der Waals surface area contributed by atoms with Crippen LogP contribution in [0, 0.1) is 117 Å². The summed E-state index contributed by atoms with van der Waals surface area (Å²) in [5.41, 5.74) is 7.54. The van der Waals surface area contributed by atoms with Crippen LogP contribution in [0.5, 0.6) is 11.8 Å². The molecular weight excluding hydrogens is 1710 g/mol. The Labute approximate surface area is 768 Å². The largest absolute Gasteiger partial charge is 0.478 e. The van der Waals surface area contributed by atoms with Gasteiger partial charge in [0.25, 0.3) is 5.91 Å². The van der Waals surface area contributed by atoms with Gasteiger partial charge in [0.2, 0.25) is 11.8 Å². The molecular formula is C99H168N4O19S5. The standard InChI is InChI=1S/C32H50N2O4.C31H47NO5.C7H8O2S.C7H8.C5H12O2S.C4H8O2S.C4H10O2S.C4H8.C2H6O2S.C2H6.CH5N/c1-6-22-26-17-21(35)11-14-32(26,4)25-12-15-31(3)23(8-9-24(31)28(25)29(22)36)19(2)13-16-38-27-10-7-20(18-34-27)30(37)33-5;1-5-21-25-16-20(33)10-13-31(25,4)24-11-14-30(3)22(7-8-23(30)27(24)28(21)34)18(2)12-15-37-26-9-6-19(17-32-26)29(35)36;1-10(8,9)7-5-3-2-4-6-7;1-7-5-3-2-4-6-7;1-5(2,3)8(4,6)7;1-7(5,6)4-2-3-4;1-4(2)7(3,5)6;1-4-2-3-4;1-5(2,3)4;2*1-2/h7,10,18-19,21-26,28-29,35-36H,6,8-9,11-17H2,1-5H3,(H,33,37);6,9,17-18,20-25,27-28,33-34H,5,7-8,10-16H2,1-4H3,(H,35,36);2-6H,1H3;2-6H,1H3;1-4H3;4H,2-3H2,1H3;4H,1-3H3;4H,2-3H2,1H3;1-2H3;1-2H3;2H2,1H3/t19-,21-,22-,23-,24+,25+,26+,28+,29-,31-,32-;18-,20-,21-,22-,23+,24+,25+,27+,28-,30-,31-;;;;;;;;;/m11........./s1. The van der Waals surface area contributed by atoms with Gasteiger partial charge in [-0.15, -0.1) is 0 Å². The van der Waals surface area contributed by atoms with E-state index in [4.69, 9.17) is 14.6 Å². The summed E-state index contributed by atoms with van der Waals surface area (Å²) < 4.78 is 115. The first-order chi connectivity index (χ1) is 58.9. The lowest BCUT2D eigenvalue weighted by molar-refractivity contribution is -0.203. The maximum atomic E-state index is 11.9. The fraction of sp³-hybridized carbons (Fsp3) is 0.758. The molecule has 0 spiro atoms. The van der Waals surface area contributed by atoms with Gasteiger partial charge in [0.05, 0.1) is 68.9 Å². The lowest BCUT2D eigenvalue weighted by atomic mass is 9.41. The molecule has 22 atom stereocenters. The van der Waals surface area contributed by atoms with Gasteiger partial charge in [-0.2, -0.15) is 0 Å². The molecule has 0 aliphatic heterocycles. The van der Waals surface area contributed by atoms with Crippen molar-refractivity contribution in [3.63, 3.8) is 0 Å². The zero-order chi connectivity index (χ0) is 96.6. The number of nitrogens with two attached hydrogens (primary N) is 1. The Bertz CT molecular complexity index is 4520. The van der Waals surface area contributed by atoms with E-state index in [2.05, 4.69) is 102 Å². The summed E-state index contributed by atoms with van der Waals surface area (Å²) in [4.78, 5) is 31.6. The van der Waals surface area contributed by atoms with E-state index in [1.165, 1.54) is 114 Å². The van der Waals surface area contributed by atoms with Gasteiger partial charge < -0.3 is 46.1 Å². The van der Waals surface area contributed by atoms with Gasteiger partial charge in [0, 0.05) is 69.1 Å². The molecule has 10 fully saturated rings. The van der Waals surface area contributed by atoms with E-state index in [0.29, 0.717) is 118 Å². The Hall–Kier alpha value is -5.17. The van der Waals surface area contributed by atoms with Crippen LogP contribution in [0.15, 0.2) is 102 Å². The molecule has 28 heteroatoms. The van der Waals surface area contributed by atoms with Crippen LogP contribution in [0.4, 0.5) is 0 Å². The van der Waals surface area contributed by atoms with E-state index in [1.54, 1.807) is 96.4 Å². The van der Waals surface area contributed by atoms with E-state index < -0.39 is 59.9 Å². The summed E-state index contributed by atoms with van der Waals surface area (Å²) in [5, 5.41) is 56.2. The Balaban J connectivity index is 0.000000343. The molecule has 1 amide bonds. The normalized spacial score (nSPS) is 31.2. The highest BCUT2D eigenvalue weighted by Gasteiger charge is 2.67. The van der Waals surface area contributed by atoms with Gasteiger partial charge in [-0.3, -0.25) is 4.79 Å². The number of aryl methyl sites for hydroxylation is 1. The number of nitrogens with one attached hydrogen (secondary N) is 1. The van der Waals surface area contributed by atoms with E-state index in [-0.39, 0.29) is 68.0 Å². The third kappa shape index (κ3) is 32.9. The summed E-state index contributed by atoms with van der Waals surface area (Å²) in [6.07, 6.45) is 33.6. The highest BCUT2D eigenvalue weighted by atomic mass is 32.2. The number of hydrogen-bond acceptors (Lipinski definition) is 21. The number of nitrogens with zero attached hydrogens (tertiary/aromatic N) is 2. The number of benzene rings is 2. The predicted molar refractivity (Wildman–Crippen MR) is 515 cm³/mol. The van der Waals surface area contributed by atoms with Crippen molar-refractivity contribution in [2.45, 2.75) is 304 Å². The van der Waals surface area contributed by atoms with Gasteiger partial charge in [-0.25, -0.2) is 56.9 Å². The number of amides is 1. The number of sulfone groups is 5. The van der Waals surface area contributed by atoms with Gasteiger partial charge in [-0.1, -0.05) is 156 Å². The predicted octanol–water partition coefficient (Wildman–Crippen LogP) is 17.5. The van der Waals surface area contributed by atoms with Crippen LogP contribution in [0.1, 0.15) is 278 Å². The molecule has 14 rings (SSSR count). The van der Waals surface area contributed by atoms with Crippen molar-refractivity contribution in [3.8, 4) is 11.8 Å². The molecule has 4 aromatic rings. The van der Waals surface area contributed by atoms with Crippen molar-refractivity contribution in [3.05, 3.63) is 114 Å². The van der Waals surface area contributed by atoms with Crippen molar-refractivity contribution in [2.24, 2.45) is 116 Å². The minimum atomic E-state index is -3.00. The molecule has 2 heterocycles. The average Bonchev–Trinajstić information content (AvgIpc) is 1.64. The Kier molecular flexibility index (Phi) is 44.7. The van der Waals surface area contributed by atoms with Crippen LogP contribution < -0.4 is 20.5 Å². The molecule has 0 saturated heterocycles. The number of aromatic nitrogens is 2. The zero-order valence-electron chi connectivity index (χ0n) is 81.8. The van der Waals surface area contributed by atoms with Crippen molar-refractivity contribution in [1.82, 2.24) is 15.3 Å². The number of rotatable bonds is 17. The van der Waals surface area contributed by atoms with Crippen LogP contribution >= 0.6 is 0 Å². The first-order valence-corrected chi connectivity index (χ1v) is 56.8. The number of aliphatic hydroxyl groups is 4. The topological polar surface area (TPSA) is 388 Å². The lowest BCUT2D eigenvalue weighted by Crippen LogP contribution is -2.62. The van der Waals surface area contributed by atoms with Gasteiger partial charge in [-0.05, 0) is 299 Å². The molecule has 127 heavy (non-hydrogen) atoms. The Morgan fingerprint density at radius 1 is 0.520 bits per heavy atom. The second-order valence-electron chi connectivity index (χ2n) is 40.5. The molecule has 23 nitrogen and oxygen atoms in total. The summed E-state index contributed by atoms with van der Waals surface area (Å²) >= 11 is 0. The van der Waals surface area contributed by atoms with E-state index in [0.717, 1.165) is 95.5 Å². The minimum Gasteiger partial charge on any atom is -0.478 e. The molecule has 10 saturated carbocycles. The highest BCUT2D eigenvalue weighted by molar-refractivity contribution is 7.92. The molecule has 8 N–H and O–H groups in total. The fourth-order valence-electron chi connectivity index (χ4n) is 22.2. The molecule has 10 aliphatic carbocycles. The van der Waals surface area contributed by atoms with E-state index >= 15 is 0 Å². The number of fused-ring (bicyclic) bond motifs is 10. The number of carboxylic acids is 1. The molecule has 728 valence electrons. The molecule has 0 radical (unpaired) electrons. The number of aliphatic hydroxyl groups excluding tert-OH is 4. The van der Waals surface area contributed by atoms with Gasteiger partial charge >= 0.3 is 5.97 Å². The summed E-state index contributed by atoms with van der Waals surface area (Å²) in [6.45, 7) is 37.2. The van der Waals surface area contributed by atoms with Crippen molar-refractivity contribution >= 4 is 61.1 Å². The number of aromatic carboxylic acids is 1. The molecule has 0 unspecified atom stereocenters. The monoisotopic (exact) mass is 1880 g/mol. The van der Waals surface area contributed by atoms with E-state index in [9.17, 15) is 72.1 Å². The molecule has 10 aliphatic rings. The molecule has 0 bridgehead atoms. The smallest absolute Gasteiger partial charge is 0.337 e. The highest BCUT2D eigenvalue weighted by Crippen LogP contribution is 2.72. The quantitative estimate of drug-likeness (QED) is 0.0516. The van der Waals surface area contributed by atoms with Crippen molar-refractivity contribution in [1.29, 1.82) is 0 Å². The summed E-state index contributed by atoms with van der Waals surface area (Å²) in [6, 6.07) is 25.3. The second-order valence-corrected chi connectivity index (χ2v) is 52.5. The van der Waals surface area contributed by atoms with Crippen LogP contribution in [-0.2, 0) is 49.2 Å². The number of carboxylic acid groups (broad SMARTS) is 1. The first kappa shape index (κ1) is 114. The summed E-state index contributed by atoms with van der Waals surface area (Å²) in [7, 11) is -10.8. The molecule has 2 aromatic carbocycles. The van der Waals surface area contributed by atoms with Crippen LogP contribution in [0.25, 0.3) is 0 Å². The third-order valence-corrected chi connectivity index (χ3v) is 37.0. The van der Waals surface area contributed by atoms with Crippen LogP contribution in [-0.4, -0.2) is 194 Å². The van der Waals surface area contributed by atoms with Gasteiger partial charge in [0.15, 0.2) is 19.7 Å². The van der Waals surface area contributed by atoms with Gasteiger partial charge in [0.1, 0.15) is 29.5 Å². The second kappa shape index (κ2) is 49.7. The minimum absolute atomic E-state index is 0.0208. The number of carbonyl (C=O) groups is 2. The number of pyridine rings is 2.